The summed E-state index contributed by atoms with van der Waals surface area (Å²) >= 11 is 1.09. The van der Waals surface area contributed by atoms with Crippen molar-refractivity contribution < 1.29 is 22.7 Å². The average molecular weight is 444 g/mol. The molecule has 4 rings (SSSR count). The summed E-state index contributed by atoms with van der Waals surface area (Å²) in [5.74, 6) is -1.58. The largest absolute Gasteiger partial charge is 0.493 e. The highest BCUT2D eigenvalue weighted by atomic mass is 32.2. The number of amides is 1. The first-order valence-corrected chi connectivity index (χ1v) is 10.8. The molecule has 3 N–H and O–H groups in total. The average Bonchev–Trinajstić information content (AvgIpc) is 3.35. The van der Waals surface area contributed by atoms with Gasteiger partial charge < -0.3 is 10.1 Å². The molecule has 0 aliphatic heterocycles. The first kappa shape index (κ1) is 19.7. The molecule has 1 amide bonds. The van der Waals surface area contributed by atoms with Crippen molar-refractivity contribution in [3.8, 4) is 5.88 Å². The molecule has 0 saturated heterocycles. The Morgan fingerprint density at radius 1 is 1.13 bits per heavy atom. The maximum Gasteiger partial charge on any atom is 0.295 e. The van der Waals surface area contributed by atoms with E-state index in [0.29, 0.717) is 5.52 Å². The smallest absolute Gasteiger partial charge is 0.295 e. The number of fused-ring (bicyclic) bond motifs is 1. The number of hydrogen-bond acceptors (Lipinski definition) is 6. The lowest BCUT2D eigenvalue weighted by Crippen LogP contribution is -2.11. The number of carbonyl (C=O) groups excluding carboxylic acids is 1. The van der Waals surface area contributed by atoms with Gasteiger partial charge in [-0.1, -0.05) is 6.07 Å². The summed E-state index contributed by atoms with van der Waals surface area (Å²) in [5, 5.41) is 19.2. The van der Waals surface area contributed by atoms with E-state index in [-0.39, 0.29) is 32.4 Å². The molecular weight excluding hydrogens is 431 g/mol. The molecule has 0 bridgehead atoms. The van der Waals surface area contributed by atoms with Gasteiger partial charge >= 0.3 is 0 Å². The number of azo groups is 1. The van der Waals surface area contributed by atoms with Gasteiger partial charge in [0.05, 0.1) is 5.52 Å². The van der Waals surface area contributed by atoms with Crippen molar-refractivity contribution in [2.45, 2.75) is 4.21 Å². The molecule has 8 nitrogen and oxygen atoms in total. The number of nitrogens with one attached hydrogen (secondary N) is 2. The predicted octanol–water partition coefficient (Wildman–Crippen LogP) is 4.80. The number of H-pyrrole nitrogens is 1. The minimum Gasteiger partial charge on any atom is -0.493 e. The second-order valence-electron chi connectivity index (χ2n) is 6.13. The highest BCUT2D eigenvalue weighted by molar-refractivity contribution is 7.94. The Hall–Kier alpha value is -3.57. The lowest BCUT2D eigenvalue weighted by molar-refractivity contribution is 0.0995. The van der Waals surface area contributed by atoms with Gasteiger partial charge in [-0.25, -0.2) is 12.8 Å². The Balaban J connectivity index is 1.52. The number of aromatic amines is 1. The Bertz CT molecular complexity index is 1360. The summed E-state index contributed by atoms with van der Waals surface area (Å²) in [4.78, 5) is 14.9. The van der Waals surface area contributed by atoms with E-state index >= 15 is 0 Å². The molecule has 30 heavy (non-hydrogen) atoms. The molecule has 0 unspecified atom stereocenters. The van der Waals surface area contributed by atoms with E-state index in [2.05, 4.69) is 19.9 Å². The van der Waals surface area contributed by atoms with Crippen LogP contribution in [0.1, 0.15) is 10.4 Å². The van der Waals surface area contributed by atoms with E-state index in [1.807, 2.05) is 0 Å². The zero-order valence-corrected chi connectivity index (χ0v) is 16.7. The maximum absolute atomic E-state index is 13.5. The first-order chi connectivity index (χ1) is 14.3. The summed E-state index contributed by atoms with van der Waals surface area (Å²) in [6.07, 6.45) is 0. The summed E-state index contributed by atoms with van der Waals surface area (Å²) in [6.45, 7) is 0. The van der Waals surface area contributed by atoms with E-state index in [4.69, 9.17) is 0 Å². The minimum atomic E-state index is -3.69. The van der Waals surface area contributed by atoms with Crippen molar-refractivity contribution in [3.63, 3.8) is 0 Å². The van der Waals surface area contributed by atoms with E-state index in [0.717, 1.165) is 11.3 Å². The minimum absolute atomic E-state index is 0.0572. The molecule has 0 aliphatic rings. The van der Waals surface area contributed by atoms with Crippen molar-refractivity contribution in [3.05, 3.63) is 71.4 Å². The third kappa shape index (κ3) is 3.93. The molecule has 0 radical (unpaired) electrons. The van der Waals surface area contributed by atoms with Crippen LogP contribution >= 0.6 is 11.3 Å². The number of sulfonamides is 1. The number of halogens is 1. The van der Waals surface area contributed by atoms with Crippen LogP contribution in [0.15, 0.2) is 74.4 Å². The molecule has 0 aliphatic carbocycles. The third-order valence-corrected chi connectivity index (χ3v) is 6.88. The molecule has 2 heterocycles. The predicted molar refractivity (Wildman–Crippen MR) is 110 cm³/mol. The fraction of sp³-hybridized carbons (Fsp3) is 0. The number of hydrogen-bond donors (Lipinski definition) is 3. The number of thiophene rings is 1. The number of benzene rings is 2. The summed E-state index contributed by atoms with van der Waals surface area (Å²) < 4.78 is 40.5. The highest BCUT2D eigenvalue weighted by Crippen LogP contribution is 2.35. The van der Waals surface area contributed by atoms with Crippen LogP contribution in [-0.2, 0) is 10.0 Å². The van der Waals surface area contributed by atoms with Crippen molar-refractivity contribution in [1.82, 2.24) is 4.98 Å². The van der Waals surface area contributed by atoms with E-state index in [9.17, 15) is 22.7 Å². The zero-order chi connectivity index (χ0) is 21.3. The Kier molecular flexibility index (Phi) is 5.06. The van der Waals surface area contributed by atoms with Gasteiger partial charge in [0, 0.05) is 16.6 Å². The third-order valence-electron chi connectivity index (χ3n) is 4.10. The van der Waals surface area contributed by atoms with Crippen LogP contribution in [-0.4, -0.2) is 24.4 Å². The lowest BCUT2D eigenvalue weighted by Gasteiger charge is -2.06. The molecule has 0 atom stereocenters. The van der Waals surface area contributed by atoms with Crippen molar-refractivity contribution in [2.24, 2.45) is 10.2 Å². The first-order valence-electron chi connectivity index (χ1n) is 8.46. The Morgan fingerprint density at radius 3 is 2.60 bits per heavy atom. The molecular formula is C19H13FN4O4S2. The second kappa shape index (κ2) is 7.69. The van der Waals surface area contributed by atoms with Gasteiger partial charge in [0.1, 0.15) is 10.0 Å². The maximum atomic E-state index is 13.5. The van der Waals surface area contributed by atoms with Gasteiger partial charge in [0.2, 0.25) is 5.88 Å². The molecule has 2 aromatic carbocycles. The van der Waals surface area contributed by atoms with Crippen LogP contribution < -0.4 is 4.72 Å². The van der Waals surface area contributed by atoms with Gasteiger partial charge in [0.25, 0.3) is 15.9 Å². The Labute approximate surface area is 173 Å². The number of rotatable bonds is 5. The number of aromatic nitrogens is 1. The van der Waals surface area contributed by atoms with E-state index in [1.165, 1.54) is 48.5 Å². The monoisotopic (exact) mass is 444 g/mol. The molecule has 152 valence electrons. The summed E-state index contributed by atoms with van der Waals surface area (Å²) in [6, 6.07) is 12.6. The standard InChI is InChI=1S/C19H13FN4O4S2/c20-12-5-8-15-14(10-12)17(19(26)21-15)22-23-18(25)11-3-6-13(7-4-11)24-30(27,28)16-2-1-9-29-16/h1-10,21,24,26H. The topological polar surface area (TPSA) is 124 Å². The van der Waals surface area contributed by atoms with Gasteiger partial charge in [-0.15, -0.1) is 21.6 Å². The van der Waals surface area contributed by atoms with E-state index < -0.39 is 21.7 Å². The van der Waals surface area contributed by atoms with Crippen LogP contribution in [0.5, 0.6) is 5.88 Å². The Morgan fingerprint density at radius 2 is 1.90 bits per heavy atom. The van der Waals surface area contributed by atoms with Crippen LogP contribution in [0.25, 0.3) is 10.9 Å². The summed E-state index contributed by atoms with van der Waals surface area (Å²) in [5.41, 5.74) is 0.820. The molecule has 0 saturated carbocycles. The van der Waals surface area contributed by atoms with Crippen molar-refractivity contribution in [2.75, 3.05) is 4.72 Å². The molecule has 2 aromatic heterocycles. The van der Waals surface area contributed by atoms with Gasteiger partial charge in [-0.2, -0.15) is 0 Å². The van der Waals surface area contributed by atoms with Crippen LogP contribution in [0.2, 0.25) is 0 Å². The normalized spacial score (nSPS) is 11.9. The number of carbonyl (C=O) groups is 1. The van der Waals surface area contributed by atoms with Crippen LogP contribution in [0, 0.1) is 5.82 Å². The van der Waals surface area contributed by atoms with Crippen LogP contribution in [0.4, 0.5) is 15.8 Å². The SMILES string of the molecule is O=C(N=Nc1c(O)[nH]c2ccc(F)cc12)c1ccc(NS(=O)(=O)c2cccs2)cc1. The van der Waals surface area contributed by atoms with Crippen LogP contribution in [0.3, 0.4) is 0 Å². The molecule has 11 heteroatoms. The molecule has 4 aromatic rings. The summed E-state index contributed by atoms with van der Waals surface area (Å²) in [7, 11) is -3.69. The number of anilines is 1. The fourth-order valence-electron chi connectivity index (χ4n) is 2.69. The van der Waals surface area contributed by atoms with E-state index in [1.54, 1.807) is 11.4 Å². The van der Waals surface area contributed by atoms with Crippen molar-refractivity contribution >= 4 is 49.5 Å². The highest BCUT2D eigenvalue weighted by Gasteiger charge is 2.16. The second-order valence-corrected chi connectivity index (χ2v) is 8.99. The van der Waals surface area contributed by atoms with Gasteiger partial charge in [0.15, 0.2) is 5.69 Å². The molecule has 0 spiro atoms. The number of aromatic hydroxyl groups is 1. The quantitative estimate of drug-likeness (QED) is 0.383. The van der Waals surface area contributed by atoms with Crippen molar-refractivity contribution in [1.29, 1.82) is 0 Å². The van der Waals surface area contributed by atoms with Gasteiger partial charge in [-0.05, 0) is 53.9 Å². The zero-order valence-electron chi connectivity index (χ0n) is 15.0. The van der Waals surface area contributed by atoms with Gasteiger partial charge in [-0.3, -0.25) is 9.52 Å². The molecule has 0 fully saturated rings. The lowest BCUT2D eigenvalue weighted by atomic mass is 10.2. The fourth-order valence-corrected chi connectivity index (χ4v) is 4.74. The number of nitrogens with zero attached hydrogens (tertiary/aromatic N) is 2.